The average molecular weight is 443 g/mol. The van der Waals surface area contributed by atoms with Crippen LogP contribution in [0.3, 0.4) is 0 Å². The van der Waals surface area contributed by atoms with Crippen molar-refractivity contribution < 1.29 is 19.1 Å². The lowest BCUT2D eigenvalue weighted by molar-refractivity contribution is -0.115. The lowest BCUT2D eigenvalue weighted by atomic mass is 10.1. The lowest BCUT2D eigenvalue weighted by Crippen LogP contribution is -2.30. The summed E-state index contributed by atoms with van der Waals surface area (Å²) in [6.07, 6.45) is 3.69. The number of hydrogen-bond acceptors (Lipinski definition) is 6. The van der Waals surface area contributed by atoms with Crippen LogP contribution in [-0.4, -0.2) is 51.8 Å². The van der Waals surface area contributed by atoms with Gasteiger partial charge in [-0.1, -0.05) is 6.07 Å². The molecule has 3 aromatic heterocycles. The minimum absolute atomic E-state index is 0.0419. The van der Waals surface area contributed by atoms with E-state index in [-0.39, 0.29) is 30.4 Å². The minimum Gasteiger partial charge on any atom is -0.462 e. The van der Waals surface area contributed by atoms with Gasteiger partial charge in [0.2, 0.25) is 5.91 Å². The van der Waals surface area contributed by atoms with Crippen LogP contribution in [0, 0.1) is 6.92 Å². The van der Waals surface area contributed by atoms with Gasteiger partial charge in [-0.15, -0.1) is 11.3 Å². The number of rotatable bonds is 8. The number of carbonyl (C=O) groups is 3. The molecule has 0 saturated heterocycles. The first-order valence-corrected chi connectivity index (χ1v) is 11.0. The van der Waals surface area contributed by atoms with Crippen molar-refractivity contribution in [3.8, 4) is 0 Å². The third-order valence-electron chi connectivity index (χ3n) is 4.88. The van der Waals surface area contributed by atoms with Gasteiger partial charge in [-0.3, -0.25) is 9.59 Å². The van der Waals surface area contributed by atoms with E-state index < -0.39 is 5.97 Å². The van der Waals surface area contributed by atoms with Crippen LogP contribution in [0.4, 0.5) is 5.00 Å². The first kappa shape index (κ1) is 22.5. The summed E-state index contributed by atoms with van der Waals surface area (Å²) in [7, 11) is 0. The Bertz CT molecular complexity index is 1080. The van der Waals surface area contributed by atoms with E-state index in [0.717, 1.165) is 17.0 Å². The summed E-state index contributed by atoms with van der Waals surface area (Å²) < 4.78 is 7.01. The highest BCUT2D eigenvalue weighted by Gasteiger charge is 2.28. The highest BCUT2D eigenvalue weighted by Crippen LogP contribution is 2.34. The monoisotopic (exact) mass is 442 g/mol. The number of amides is 2. The molecule has 164 valence electrons. The maximum Gasteiger partial charge on any atom is 0.341 e. The molecule has 0 aliphatic heterocycles. The van der Waals surface area contributed by atoms with Gasteiger partial charge in [-0.2, -0.15) is 0 Å². The number of imidazole rings is 1. The van der Waals surface area contributed by atoms with Crippen molar-refractivity contribution in [3.05, 3.63) is 52.3 Å². The van der Waals surface area contributed by atoms with Crippen LogP contribution in [0.15, 0.2) is 30.6 Å². The molecule has 1 N–H and O–H groups in total. The van der Waals surface area contributed by atoms with Crippen LogP contribution >= 0.6 is 11.3 Å². The highest BCUT2D eigenvalue weighted by molar-refractivity contribution is 7.18. The van der Waals surface area contributed by atoms with E-state index in [2.05, 4.69) is 10.3 Å². The van der Waals surface area contributed by atoms with E-state index in [1.54, 1.807) is 24.9 Å². The quantitative estimate of drug-likeness (QED) is 0.539. The van der Waals surface area contributed by atoms with Gasteiger partial charge in [-0.05, 0) is 45.4 Å². The number of anilines is 1. The van der Waals surface area contributed by atoms with E-state index in [0.29, 0.717) is 34.2 Å². The van der Waals surface area contributed by atoms with Gasteiger partial charge in [0.15, 0.2) is 0 Å². The van der Waals surface area contributed by atoms with Gasteiger partial charge in [0.25, 0.3) is 5.91 Å². The molecule has 0 radical (unpaired) electrons. The Morgan fingerprint density at radius 3 is 2.58 bits per heavy atom. The molecule has 0 bridgehead atoms. The number of esters is 1. The minimum atomic E-state index is -0.558. The molecular formula is C22H26N4O4S. The molecule has 2 amide bonds. The van der Waals surface area contributed by atoms with Gasteiger partial charge in [-0.25, -0.2) is 9.78 Å². The van der Waals surface area contributed by atoms with E-state index in [1.165, 1.54) is 0 Å². The molecular weight excluding hydrogens is 416 g/mol. The first-order chi connectivity index (χ1) is 14.9. The van der Waals surface area contributed by atoms with Crippen LogP contribution in [0.5, 0.6) is 0 Å². The van der Waals surface area contributed by atoms with Crippen molar-refractivity contribution in [3.63, 3.8) is 0 Å². The first-order valence-electron chi connectivity index (χ1n) is 10.2. The number of nitrogens with zero attached hydrogens (tertiary/aromatic N) is 3. The normalized spacial score (nSPS) is 10.8. The molecule has 0 spiro atoms. The van der Waals surface area contributed by atoms with Crippen molar-refractivity contribution in [2.75, 3.05) is 25.0 Å². The third-order valence-corrected chi connectivity index (χ3v) is 6.07. The van der Waals surface area contributed by atoms with Gasteiger partial charge >= 0.3 is 5.97 Å². The molecule has 0 unspecified atom stereocenters. The second-order valence-corrected chi connectivity index (χ2v) is 7.90. The van der Waals surface area contributed by atoms with Crippen molar-refractivity contribution >= 4 is 39.8 Å². The number of thiophene rings is 1. The Balaban J connectivity index is 1.88. The van der Waals surface area contributed by atoms with Crippen molar-refractivity contribution in [1.82, 2.24) is 14.3 Å². The Morgan fingerprint density at radius 2 is 1.94 bits per heavy atom. The van der Waals surface area contributed by atoms with E-state index in [9.17, 15) is 14.4 Å². The Hall–Kier alpha value is -3.20. The number of pyridine rings is 1. The predicted octanol–water partition coefficient (Wildman–Crippen LogP) is 3.54. The largest absolute Gasteiger partial charge is 0.462 e. The summed E-state index contributed by atoms with van der Waals surface area (Å²) >= 11 is 1.10. The van der Waals surface area contributed by atoms with E-state index in [4.69, 9.17) is 4.74 Å². The molecule has 0 atom stereocenters. The van der Waals surface area contributed by atoms with Crippen LogP contribution in [0.2, 0.25) is 0 Å². The zero-order valence-corrected chi connectivity index (χ0v) is 18.9. The van der Waals surface area contributed by atoms with Crippen LogP contribution < -0.4 is 5.32 Å². The fourth-order valence-electron chi connectivity index (χ4n) is 3.32. The molecule has 0 fully saturated rings. The maximum atomic E-state index is 12.9. The number of carbonyl (C=O) groups excluding carboxylic acids is 3. The molecule has 0 saturated carbocycles. The van der Waals surface area contributed by atoms with Crippen LogP contribution in [0.1, 0.15) is 52.1 Å². The lowest BCUT2D eigenvalue weighted by Gasteiger charge is -2.18. The Morgan fingerprint density at radius 1 is 1.19 bits per heavy atom. The van der Waals surface area contributed by atoms with Gasteiger partial charge < -0.3 is 19.4 Å². The molecule has 3 aromatic rings. The Labute approximate surface area is 184 Å². The fraction of sp³-hybridized carbons (Fsp3) is 0.364. The highest BCUT2D eigenvalue weighted by atomic mass is 32.1. The zero-order chi connectivity index (χ0) is 22.5. The predicted molar refractivity (Wildman–Crippen MR) is 120 cm³/mol. The van der Waals surface area contributed by atoms with Gasteiger partial charge in [0.05, 0.1) is 29.2 Å². The topological polar surface area (TPSA) is 93.0 Å². The average Bonchev–Trinajstić information content (AvgIpc) is 3.28. The smallest absolute Gasteiger partial charge is 0.341 e. The van der Waals surface area contributed by atoms with Crippen LogP contribution in [-0.2, 0) is 16.0 Å². The second-order valence-electron chi connectivity index (χ2n) is 6.88. The molecule has 0 aliphatic carbocycles. The molecule has 3 rings (SSSR count). The summed E-state index contributed by atoms with van der Waals surface area (Å²) in [6.45, 7) is 8.51. The van der Waals surface area contributed by atoms with E-state index in [1.807, 2.05) is 42.6 Å². The second kappa shape index (κ2) is 9.74. The molecule has 0 aliphatic rings. The summed E-state index contributed by atoms with van der Waals surface area (Å²) in [4.78, 5) is 44.7. The number of aromatic nitrogens is 2. The number of hydrogen-bond donors (Lipinski definition) is 1. The summed E-state index contributed by atoms with van der Waals surface area (Å²) in [5.41, 5.74) is 2.10. The number of ether oxygens (including phenoxy) is 1. The van der Waals surface area contributed by atoms with Gasteiger partial charge in [0.1, 0.15) is 10.6 Å². The summed E-state index contributed by atoms with van der Waals surface area (Å²) in [6, 6.07) is 5.61. The van der Waals surface area contributed by atoms with Crippen molar-refractivity contribution in [1.29, 1.82) is 0 Å². The fourth-order valence-corrected chi connectivity index (χ4v) is 4.50. The van der Waals surface area contributed by atoms with Gasteiger partial charge in [0, 0.05) is 25.5 Å². The number of nitrogens with one attached hydrogen (secondary N) is 1. The molecule has 8 nitrogen and oxygen atoms in total. The maximum absolute atomic E-state index is 12.9. The van der Waals surface area contributed by atoms with Crippen LogP contribution in [0.25, 0.3) is 5.65 Å². The third kappa shape index (κ3) is 4.77. The molecule has 3 heterocycles. The van der Waals surface area contributed by atoms with E-state index >= 15 is 0 Å². The summed E-state index contributed by atoms with van der Waals surface area (Å²) in [5, 5.41) is 3.11. The molecule has 0 aromatic carbocycles. The standard InChI is InChI=1S/C22H26N4O4S/c1-5-25(6-2)21(28)19-14(4)18(22(29)30-7-3)20(31-19)24-17(27)12-15-13-26-11-9-8-10-16(26)23-15/h8-11,13H,5-7,12H2,1-4H3,(H,24,27). The van der Waals surface area contributed by atoms with Crippen molar-refractivity contribution in [2.24, 2.45) is 0 Å². The molecule has 31 heavy (non-hydrogen) atoms. The zero-order valence-electron chi connectivity index (χ0n) is 18.1. The van der Waals surface area contributed by atoms with Crippen molar-refractivity contribution in [2.45, 2.75) is 34.1 Å². The Kier molecular flexibility index (Phi) is 7.06. The SMILES string of the molecule is CCOC(=O)c1c(NC(=O)Cc2cn3ccccc3n2)sc(C(=O)N(CC)CC)c1C. The summed E-state index contributed by atoms with van der Waals surface area (Å²) in [5.74, 6) is -1.05. The molecule has 9 heteroatoms. The number of fused-ring (bicyclic) bond motifs is 1.